The van der Waals surface area contributed by atoms with E-state index < -0.39 is 7.82 Å². The molecular formula is H9CaGeO4P. The van der Waals surface area contributed by atoms with E-state index in [0.29, 0.717) is 0 Å². The Morgan fingerprint density at radius 3 is 1.14 bits per heavy atom. The normalized spacial score (nSPS) is 8.43. The van der Waals surface area contributed by atoms with Gasteiger partial charge in [-0.3, -0.25) is 0 Å². The predicted octanol–water partition coefficient (Wildman–Crippen LogP) is -3.30. The standard InChI is InChI=1S/Ca.GeH4.H3O4P.2H/c;;1-5(2,3)4;;/h;1H4;(H3,1,2,3,4);;. The summed E-state index contributed by atoms with van der Waals surface area (Å²) in [5, 5.41) is 0. The number of hydrogen-bond donors (Lipinski definition) is 3. The van der Waals surface area contributed by atoms with E-state index in [2.05, 4.69) is 0 Å². The Labute approximate surface area is 81.5 Å². The molecule has 0 aromatic carbocycles. The second-order valence-corrected chi connectivity index (χ2v) is 1.54. The zero-order valence-corrected chi connectivity index (χ0v) is 3.09. The van der Waals surface area contributed by atoms with Gasteiger partial charge in [-0.2, -0.15) is 0 Å². The van der Waals surface area contributed by atoms with Crippen LogP contribution >= 0.6 is 7.82 Å². The molecule has 0 aromatic heterocycles. The van der Waals surface area contributed by atoms with Crippen molar-refractivity contribution in [2.24, 2.45) is 0 Å². The van der Waals surface area contributed by atoms with Gasteiger partial charge in [-0.15, -0.1) is 0 Å². The van der Waals surface area contributed by atoms with Crippen molar-refractivity contribution in [3.05, 3.63) is 0 Å². The van der Waals surface area contributed by atoms with Gasteiger partial charge in [-0.05, 0) is 0 Å². The van der Waals surface area contributed by atoms with Crippen LogP contribution in [0.15, 0.2) is 0 Å². The zero-order valence-electron chi connectivity index (χ0n) is 2.20. The molecule has 7 heteroatoms. The van der Waals surface area contributed by atoms with Crippen molar-refractivity contribution in [3.8, 4) is 0 Å². The van der Waals surface area contributed by atoms with Crippen LogP contribution in [0.2, 0.25) is 0 Å². The van der Waals surface area contributed by atoms with E-state index in [1.165, 1.54) is 0 Å². The van der Waals surface area contributed by atoms with Crippen LogP contribution < -0.4 is 0 Å². The molecule has 0 aliphatic carbocycles. The van der Waals surface area contributed by atoms with Crippen LogP contribution in [0.4, 0.5) is 0 Å². The Morgan fingerprint density at radius 2 is 1.14 bits per heavy atom. The third-order valence-corrected chi connectivity index (χ3v) is 0. The van der Waals surface area contributed by atoms with Crippen LogP contribution in [0.3, 0.4) is 0 Å². The molecule has 0 saturated heterocycles. The molecule has 44 valence electrons. The summed E-state index contributed by atoms with van der Waals surface area (Å²) in [5.74, 6) is 0. The third kappa shape index (κ3) is 75.6. The SMILES string of the molecule is O=P(O)(O)O.[CaH2].[GeH4]. The first-order valence-corrected chi connectivity index (χ1v) is 2.35. The Kier molecular flexibility index (Phi) is 13.8. The van der Waals surface area contributed by atoms with E-state index in [-0.39, 0.29) is 55.3 Å². The predicted molar refractivity (Wildman–Crippen MR) is 34.1 cm³/mol. The molecule has 0 aromatic rings. The van der Waals surface area contributed by atoms with Gasteiger partial charge in [0.25, 0.3) is 0 Å². The van der Waals surface area contributed by atoms with Crippen molar-refractivity contribution in [1.29, 1.82) is 0 Å². The summed E-state index contributed by atoms with van der Waals surface area (Å²) in [4.78, 5) is 21.6. The van der Waals surface area contributed by atoms with Gasteiger partial charge in [0.2, 0.25) is 0 Å². The molecule has 0 amide bonds. The second-order valence-electron chi connectivity index (χ2n) is 0.513. The molecule has 3 N–H and O–H groups in total. The van der Waals surface area contributed by atoms with Gasteiger partial charge in [0, 0.05) is 0 Å². The first kappa shape index (κ1) is 16.0. The van der Waals surface area contributed by atoms with E-state index in [9.17, 15) is 0 Å². The molecule has 0 heterocycles. The molecule has 0 unspecified atom stereocenters. The van der Waals surface area contributed by atoms with Gasteiger partial charge in [0.15, 0.2) is 0 Å². The van der Waals surface area contributed by atoms with Crippen LogP contribution in [-0.2, 0) is 4.57 Å². The van der Waals surface area contributed by atoms with Crippen molar-refractivity contribution >= 4 is 63.2 Å². The molecular weight excluding hydrogens is 208 g/mol. The summed E-state index contributed by atoms with van der Waals surface area (Å²) in [5.41, 5.74) is 0. The number of phosphoric acid groups is 1. The van der Waals surface area contributed by atoms with Gasteiger partial charge in [0.1, 0.15) is 0 Å². The van der Waals surface area contributed by atoms with Gasteiger partial charge >= 0.3 is 63.2 Å². The topological polar surface area (TPSA) is 77.8 Å². The average Bonchev–Trinajstić information content (AvgIpc) is 0.722. The van der Waals surface area contributed by atoms with Gasteiger partial charge in [-0.1, -0.05) is 0 Å². The molecule has 4 nitrogen and oxygen atoms in total. The van der Waals surface area contributed by atoms with E-state index in [0.717, 1.165) is 0 Å². The van der Waals surface area contributed by atoms with Crippen LogP contribution in [0.25, 0.3) is 0 Å². The van der Waals surface area contributed by atoms with Crippen LogP contribution in [0, 0.1) is 0 Å². The summed E-state index contributed by atoms with van der Waals surface area (Å²) in [6, 6.07) is 0. The molecule has 0 atom stereocenters. The molecule has 0 radical (unpaired) electrons. The fourth-order valence-electron chi connectivity index (χ4n) is 0. The fraction of sp³-hybridized carbons (Fsp3) is 0. The van der Waals surface area contributed by atoms with Crippen molar-refractivity contribution in [3.63, 3.8) is 0 Å². The molecule has 0 saturated carbocycles. The Bertz CT molecular complexity index is 57.8. The van der Waals surface area contributed by atoms with Crippen molar-refractivity contribution in [2.75, 3.05) is 0 Å². The summed E-state index contributed by atoms with van der Waals surface area (Å²) in [6.45, 7) is 0. The second kappa shape index (κ2) is 6.04. The Morgan fingerprint density at radius 1 is 1.14 bits per heavy atom. The molecule has 0 aliphatic heterocycles. The van der Waals surface area contributed by atoms with E-state index in [1.807, 2.05) is 0 Å². The molecule has 0 spiro atoms. The van der Waals surface area contributed by atoms with E-state index in [4.69, 9.17) is 19.2 Å². The molecule has 0 fully saturated rings. The molecule has 7 heavy (non-hydrogen) atoms. The quantitative estimate of drug-likeness (QED) is 0.293. The van der Waals surface area contributed by atoms with Crippen LogP contribution in [-0.4, -0.2) is 70.0 Å². The summed E-state index contributed by atoms with van der Waals surface area (Å²) < 4.78 is 8.88. The minimum absolute atomic E-state index is 0. The van der Waals surface area contributed by atoms with Crippen molar-refractivity contribution in [2.45, 2.75) is 0 Å². The monoisotopic (exact) mass is 218 g/mol. The maximum atomic E-state index is 8.88. The fourth-order valence-corrected chi connectivity index (χ4v) is 0. The summed E-state index contributed by atoms with van der Waals surface area (Å²) >= 11 is 0. The maximum absolute atomic E-state index is 8.88. The van der Waals surface area contributed by atoms with Crippen molar-refractivity contribution in [1.82, 2.24) is 0 Å². The van der Waals surface area contributed by atoms with Gasteiger partial charge < -0.3 is 14.7 Å². The number of rotatable bonds is 0. The van der Waals surface area contributed by atoms with E-state index >= 15 is 0 Å². The third-order valence-electron chi connectivity index (χ3n) is 0. The average molecular weight is 217 g/mol. The number of hydrogen-bond acceptors (Lipinski definition) is 1. The molecule has 0 rings (SSSR count). The Hall–Kier alpha value is 1.91. The molecule has 0 bridgehead atoms. The van der Waals surface area contributed by atoms with Crippen LogP contribution in [0.1, 0.15) is 0 Å². The first-order valence-electron chi connectivity index (χ1n) is 0.783. The zero-order chi connectivity index (χ0) is 4.50. The minimum atomic E-state index is -4.64. The summed E-state index contributed by atoms with van der Waals surface area (Å²) in [7, 11) is -4.64. The van der Waals surface area contributed by atoms with E-state index in [1.54, 1.807) is 0 Å². The molecule has 0 aliphatic rings. The summed E-state index contributed by atoms with van der Waals surface area (Å²) in [6.07, 6.45) is 0. The van der Waals surface area contributed by atoms with Gasteiger partial charge in [0.05, 0.1) is 0 Å². The first-order chi connectivity index (χ1) is 2.00. The van der Waals surface area contributed by atoms with Crippen LogP contribution in [0.5, 0.6) is 0 Å². The Balaban J connectivity index is -0.0000000800. The van der Waals surface area contributed by atoms with Gasteiger partial charge in [-0.25, -0.2) is 4.57 Å². The van der Waals surface area contributed by atoms with Crippen molar-refractivity contribution < 1.29 is 19.2 Å².